The minimum Gasteiger partial charge on any atom is -0.478 e. The van der Waals surface area contributed by atoms with Crippen molar-refractivity contribution < 1.29 is 14.3 Å². The molecule has 0 aliphatic carbocycles. The molecule has 0 heterocycles. The number of hydrogen-bond donors (Lipinski definition) is 2. The molecule has 0 atom stereocenters. The van der Waals surface area contributed by atoms with Gasteiger partial charge in [0.2, 0.25) is 0 Å². The number of aliphatic carboxylic acids is 1. The average Bonchev–Trinajstić information content (AvgIpc) is 2.02. The second kappa shape index (κ2) is 3.71. The SMILES string of the molecule is Nc1ccc(C=CC(=O)O)c(F)c1. The number of carboxylic acid groups (broad SMARTS) is 1. The highest BCUT2D eigenvalue weighted by atomic mass is 19.1. The van der Waals surface area contributed by atoms with Gasteiger partial charge in [0, 0.05) is 17.3 Å². The van der Waals surface area contributed by atoms with Crippen LogP contribution in [0.4, 0.5) is 10.1 Å². The quantitative estimate of drug-likeness (QED) is 0.536. The van der Waals surface area contributed by atoms with Crippen LogP contribution < -0.4 is 5.73 Å². The summed E-state index contributed by atoms with van der Waals surface area (Å²) in [6, 6.07) is 4.07. The van der Waals surface area contributed by atoms with Crippen LogP contribution in [0.5, 0.6) is 0 Å². The predicted molar refractivity (Wildman–Crippen MR) is 47.5 cm³/mol. The highest BCUT2D eigenvalue weighted by Crippen LogP contribution is 2.12. The Kier molecular flexibility index (Phi) is 2.64. The Labute approximate surface area is 74.3 Å². The van der Waals surface area contributed by atoms with E-state index in [2.05, 4.69) is 0 Å². The monoisotopic (exact) mass is 181 g/mol. The van der Waals surface area contributed by atoms with Crippen molar-refractivity contribution >= 4 is 17.7 Å². The van der Waals surface area contributed by atoms with Crippen LogP contribution in [0.25, 0.3) is 6.08 Å². The van der Waals surface area contributed by atoms with Crippen molar-refractivity contribution in [2.75, 3.05) is 5.73 Å². The number of carbonyl (C=O) groups is 1. The van der Waals surface area contributed by atoms with Gasteiger partial charge in [-0.2, -0.15) is 0 Å². The fourth-order valence-corrected chi connectivity index (χ4v) is 0.840. The Bertz CT molecular complexity index is 361. The van der Waals surface area contributed by atoms with E-state index in [4.69, 9.17) is 10.8 Å². The molecule has 1 aromatic rings. The van der Waals surface area contributed by atoms with E-state index in [1.54, 1.807) is 0 Å². The third kappa shape index (κ3) is 2.59. The molecule has 0 unspecified atom stereocenters. The van der Waals surface area contributed by atoms with Crippen LogP contribution in [-0.2, 0) is 4.79 Å². The van der Waals surface area contributed by atoms with Crippen LogP contribution in [-0.4, -0.2) is 11.1 Å². The van der Waals surface area contributed by atoms with E-state index in [9.17, 15) is 9.18 Å². The Balaban J connectivity index is 2.96. The van der Waals surface area contributed by atoms with Crippen LogP contribution in [0.15, 0.2) is 24.3 Å². The maximum absolute atomic E-state index is 13.0. The lowest BCUT2D eigenvalue weighted by atomic mass is 10.2. The van der Waals surface area contributed by atoms with Crippen molar-refractivity contribution in [2.24, 2.45) is 0 Å². The number of halogens is 1. The molecule has 0 bridgehead atoms. The predicted octanol–water partition coefficient (Wildman–Crippen LogP) is 1.51. The standard InChI is InChI=1S/C9H8FNO2/c10-8-5-7(11)3-1-6(8)2-4-9(12)13/h1-5H,11H2,(H,12,13). The van der Waals surface area contributed by atoms with Gasteiger partial charge in [-0.05, 0) is 24.3 Å². The second-order valence-corrected chi connectivity index (χ2v) is 2.45. The molecule has 0 saturated heterocycles. The van der Waals surface area contributed by atoms with Crippen molar-refractivity contribution in [3.8, 4) is 0 Å². The average molecular weight is 181 g/mol. The second-order valence-electron chi connectivity index (χ2n) is 2.45. The minimum absolute atomic E-state index is 0.205. The van der Waals surface area contributed by atoms with E-state index in [-0.39, 0.29) is 5.56 Å². The van der Waals surface area contributed by atoms with Gasteiger partial charge in [-0.25, -0.2) is 9.18 Å². The zero-order chi connectivity index (χ0) is 9.84. The maximum Gasteiger partial charge on any atom is 0.328 e. The molecular weight excluding hydrogens is 173 g/mol. The first kappa shape index (κ1) is 9.25. The van der Waals surface area contributed by atoms with Crippen molar-refractivity contribution in [3.05, 3.63) is 35.7 Å². The van der Waals surface area contributed by atoms with Gasteiger partial charge < -0.3 is 10.8 Å². The molecule has 13 heavy (non-hydrogen) atoms. The van der Waals surface area contributed by atoms with Gasteiger partial charge in [0.1, 0.15) is 5.82 Å². The van der Waals surface area contributed by atoms with Crippen molar-refractivity contribution in [3.63, 3.8) is 0 Å². The summed E-state index contributed by atoms with van der Waals surface area (Å²) >= 11 is 0. The van der Waals surface area contributed by atoms with Gasteiger partial charge in [-0.1, -0.05) is 0 Å². The largest absolute Gasteiger partial charge is 0.478 e. The van der Waals surface area contributed by atoms with Crippen LogP contribution in [0.1, 0.15) is 5.56 Å². The van der Waals surface area contributed by atoms with Crippen LogP contribution in [0.3, 0.4) is 0 Å². The fraction of sp³-hybridized carbons (Fsp3) is 0. The highest BCUT2D eigenvalue weighted by molar-refractivity contribution is 5.85. The molecule has 3 N–H and O–H groups in total. The fourth-order valence-electron chi connectivity index (χ4n) is 0.840. The molecule has 4 heteroatoms. The van der Waals surface area contributed by atoms with Gasteiger partial charge in [0.15, 0.2) is 0 Å². The van der Waals surface area contributed by atoms with Crippen molar-refractivity contribution in [1.82, 2.24) is 0 Å². The number of carboxylic acids is 1. The molecule has 0 fully saturated rings. The summed E-state index contributed by atoms with van der Waals surface area (Å²) in [4.78, 5) is 10.1. The number of nitrogen functional groups attached to an aromatic ring is 1. The summed E-state index contributed by atoms with van der Waals surface area (Å²) in [5.41, 5.74) is 5.82. The Morgan fingerprint density at radius 2 is 2.23 bits per heavy atom. The first-order chi connectivity index (χ1) is 6.09. The molecule has 0 amide bonds. The Hall–Kier alpha value is -1.84. The van der Waals surface area contributed by atoms with Gasteiger partial charge in [0.25, 0.3) is 0 Å². The molecule has 1 aromatic carbocycles. The van der Waals surface area contributed by atoms with E-state index in [0.29, 0.717) is 5.69 Å². The molecule has 0 saturated carbocycles. The normalized spacial score (nSPS) is 10.5. The van der Waals surface area contributed by atoms with Crippen LogP contribution in [0.2, 0.25) is 0 Å². The number of rotatable bonds is 2. The summed E-state index contributed by atoms with van der Waals surface area (Å²) in [6.45, 7) is 0. The molecule has 0 aliphatic heterocycles. The third-order valence-corrected chi connectivity index (χ3v) is 1.43. The summed E-state index contributed by atoms with van der Waals surface area (Å²) in [6.07, 6.45) is 2.05. The lowest BCUT2D eigenvalue weighted by Gasteiger charge is -1.97. The topological polar surface area (TPSA) is 63.3 Å². The molecule has 0 spiro atoms. The summed E-state index contributed by atoms with van der Waals surface area (Å²) < 4.78 is 13.0. The Morgan fingerprint density at radius 1 is 1.54 bits per heavy atom. The number of anilines is 1. The lowest BCUT2D eigenvalue weighted by molar-refractivity contribution is -0.131. The molecule has 0 radical (unpaired) electrons. The van der Waals surface area contributed by atoms with Gasteiger partial charge in [-0.15, -0.1) is 0 Å². The van der Waals surface area contributed by atoms with E-state index < -0.39 is 11.8 Å². The van der Waals surface area contributed by atoms with E-state index in [1.807, 2.05) is 0 Å². The summed E-state index contributed by atoms with van der Waals surface area (Å²) in [7, 11) is 0. The molecule has 1 rings (SSSR count). The van der Waals surface area contributed by atoms with E-state index in [0.717, 1.165) is 12.1 Å². The van der Waals surface area contributed by atoms with Crippen molar-refractivity contribution in [1.29, 1.82) is 0 Å². The van der Waals surface area contributed by atoms with E-state index in [1.165, 1.54) is 18.2 Å². The van der Waals surface area contributed by atoms with Crippen LogP contribution in [0, 0.1) is 5.82 Å². The van der Waals surface area contributed by atoms with Gasteiger partial charge >= 0.3 is 5.97 Å². The van der Waals surface area contributed by atoms with Gasteiger partial charge in [0.05, 0.1) is 0 Å². The third-order valence-electron chi connectivity index (χ3n) is 1.43. The first-order valence-corrected chi connectivity index (χ1v) is 3.55. The smallest absolute Gasteiger partial charge is 0.328 e. The molecule has 0 aromatic heterocycles. The highest BCUT2D eigenvalue weighted by Gasteiger charge is 1.98. The molecular formula is C9H8FNO2. The van der Waals surface area contributed by atoms with Crippen molar-refractivity contribution in [2.45, 2.75) is 0 Å². The minimum atomic E-state index is -1.11. The maximum atomic E-state index is 13.0. The molecule has 3 nitrogen and oxygen atoms in total. The molecule has 0 aliphatic rings. The summed E-state index contributed by atoms with van der Waals surface area (Å²) in [5.74, 6) is -1.64. The van der Waals surface area contributed by atoms with Crippen LogP contribution >= 0.6 is 0 Å². The molecule has 68 valence electrons. The zero-order valence-electron chi connectivity index (χ0n) is 6.70. The zero-order valence-corrected chi connectivity index (χ0v) is 6.70. The number of benzene rings is 1. The number of nitrogens with two attached hydrogens (primary N) is 1. The number of hydrogen-bond acceptors (Lipinski definition) is 2. The first-order valence-electron chi connectivity index (χ1n) is 3.55. The lowest BCUT2D eigenvalue weighted by Crippen LogP contribution is -1.90. The summed E-state index contributed by atoms with van der Waals surface area (Å²) in [5, 5.41) is 8.29. The van der Waals surface area contributed by atoms with Gasteiger partial charge in [-0.3, -0.25) is 0 Å². The Morgan fingerprint density at radius 3 is 2.77 bits per heavy atom. The van der Waals surface area contributed by atoms with E-state index >= 15 is 0 Å².